The molecule has 0 amide bonds. The van der Waals surface area contributed by atoms with E-state index in [1.165, 1.54) is 225 Å². The zero-order chi connectivity index (χ0) is 53.6. The average Bonchev–Trinajstić information content (AvgIpc) is 3.40. The van der Waals surface area contributed by atoms with E-state index in [9.17, 15) is 14.4 Å². The lowest BCUT2D eigenvalue weighted by atomic mass is 10.0. The maximum atomic E-state index is 12.9. The molecule has 0 aliphatic rings. The summed E-state index contributed by atoms with van der Waals surface area (Å²) in [6.45, 7) is 6.59. The molecular weight excluding hydrogens is 913 g/mol. The SMILES string of the molecule is CC/C=C\C/C=C\C/C=C\C/C=C\CCCCCCCCCCCCC(=O)OCC(COC(=O)CCCCCCCCCCCCCCCC)OC(=O)CCCCCCCCCCCCCCCCCCCCC. The van der Waals surface area contributed by atoms with Crippen molar-refractivity contribution in [1.82, 2.24) is 0 Å². The molecule has 432 valence electrons. The maximum absolute atomic E-state index is 12.9. The van der Waals surface area contributed by atoms with Gasteiger partial charge >= 0.3 is 17.9 Å². The second kappa shape index (κ2) is 62.9. The summed E-state index contributed by atoms with van der Waals surface area (Å²) in [6.07, 6.45) is 78.3. The monoisotopic (exact) mass is 1040 g/mol. The summed E-state index contributed by atoms with van der Waals surface area (Å²) in [7, 11) is 0. The van der Waals surface area contributed by atoms with Crippen molar-refractivity contribution < 1.29 is 28.6 Å². The molecule has 6 nitrogen and oxygen atoms in total. The fraction of sp³-hybridized carbons (Fsp3) is 0.838. The molecule has 0 aromatic rings. The van der Waals surface area contributed by atoms with Crippen LogP contribution in [0.1, 0.15) is 348 Å². The van der Waals surface area contributed by atoms with Crippen LogP contribution in [-0.4, -0.2) is 37.2 Å². The van der Waals surface area contributed by atoms with Crippen LogP contribution in [0.4, 0.5) is 0 Å². The Labute approximate surface area is 460 Å². The van der Waals surface area contributed by atoms with Gasteiger partial charge in [-0.1, -0.05) is 320 Å². The summed E-state index contributed by atoms with van der Waals surface area (Å²) in [6, 6.07) is 0. The molecule has 0 aromatic carbocycles. The van der Waals surface area contributed by atoms with E-state index in [1.54, 1.807) is 0 Å². The molecule has 0 aliphatic carbocycles. The van der Waals surface area contributed by atoms with E-state index >= 15 is 0 Å². The summed E-state index contributed by atoms with van der Waals surface area (Å²) in [5, 5.41) is 0. The number of rotatable bonds is 60. The molecule has 0 spiro atoms. The van der Waals surface area contributed by atoms with E-state index < -0.39 is 6.10 Å². The molecule has 0 fully saturated rings. The molecule has 6 heteroatoms. The molecule has 0 heterocycles. The Hall–Kier alpha value is -2.63. The number of ether oxygens (including phenoxy) is 3. The highest BCUT2D eigenvalue weighted by molar-refractivity contribution is 5.71. The summed E-state index contributed by atoms with van der Waals surface area (Å²) < 4.78 is 17.0. The van der Waals surface area contributed by atoms with Crippen LogP contribution in [0.3, 0.4) is 0 Å². The van der Waals surface area contributed by atoms with E-state index in [0.717, 1.165) is 83.5 Å². The zero-order valence-electron chi connectivity index (χ0n) is 49.6. The van der Waals surface area contributed by atoms with Crippen molar-refractivity contribution in [2.24, 2.45) is 0 Å². The Balaban J connectivity index is 4.30. The van der Waals surface area contributed by atoms with Gasteiger partial charge in [-0.05, 0) is 57.8 Å². The van der Waals surface area contributed by atoms with Gasteiger partial charge in [0.05, 0.1) is 0 Å². The van der Waals surface area contributed by atoms with Crippen LogP contribution in [0.15, 0.2) is 48.6 Å². The molecule has 0 rings (SSSR count). The van der Waals surface area contributed by atoms with E-state index in [0.29, 0.717) is 19.3 Å². The van der Waals surface area contributed by atoms with Crippen molar-refractivity contribution in [3.05, 3.63) is 48.6 Å². The van der Waals surface area contributed by atoms with Crippen molar-refractivity contribution in [1.29, 1.82) is 0 Å². The Kier molecular flexibility index (Phi) is 60.7. The van der Waals surface area contributed by atoms with Gasteiger partial charge in [-0.2, -0.15) is 0 Å². The molecule has 74 heavy (non-hydrogen) atoms. The van der Waals surface area contributed by atoms with Gasteiger partial charge in [-0.15, -0.1) is 0 Å². The quantitative estimate of drug-likeness (QED) is 0.0261. The Morgan fingerprint density at radius 1 is 0.284 bits per heavy atom. The number of hydrogen-bond donors (Lipinski definition) is 0. The second-order valence-electron chi connectivity index (χ2n) is 22.0. The number of carbonyl (C=O) groups is 3. The topological polar surface area (TPSA) is 78.9 Å². The van der Waals surface area contributed by atoms with Crippen LogP contribution in [0.5, 0.6) is 0 Å². The van der Waals surface area contributed by atoms with Gasteiger partial charge in [0.2, 0.25) is 0 Å². The number of esters is 3. The fourth-order valence-electron chi connectivity index (χ4n) is 9.73. The Morgan fingerprint density at radius 3 is 0.824 bits per heavy atom. The lowest BCUT2D eigenvalue weighted by Crippen LogP contribution is -2.30. The normalized spacial score (nSPS) is 12.3. The van der Waals surface area contributed by atoms with Crippen LogP contribution < -0.4 is 0 Å². The molecule has 0 radical (unpaired) electrons. The minimum absolute atomic E-state index is 0.0685. The van der Waals surface area contributed by atoms with Crippen molar-refractivity contribution >= 4 is 17.9 Å². The van der Waals surface area contributed by atoms with Crippen LogP contribution in [0.2, 0.25) is 0 Å². The van der Waals surface area contributed by atoms with Gasteiger partial charge in [0.1, 0.15) is 13.2 Å². The first-order valence-electron chi connectivity index (χ1n) is 32.6. The van der Waals surface area contributed by atoms with Gasteiger partial charge < -0.3 is 14.2 Å². The van der Waals surface area contributed by atoms with Gasteiger partial charge in [-0.25, -0.2) is 0 Å². The fourth-order valence-corrected chi connectivity index (χ4v) is 9.73. The van der Waals surface area contributed by atoms with Crippen molar-refractivity contribution in [3.63, 3.8) is 0 Å². The maximum Gasteiger partial charge on any atom is 0.306 e. The summed E-state index contributed by atoms with van der Waals surface area (Å²) >= 11 is 0. The first-order chi connectivity index (χ1) is 36.5. The van der Waals surface area contributed by atoms with E-state index in [2.05, 4.69) is 69.4 Å². The lowest BCUT2D eigenvalue weighted by molar-refractivity contribution is -0.167. The van der Waals surface area contributed by atoms with Crippen molar-refractivity contribution in [2.75, 3.05) is 13.2 Å². The van der Waals surface area contributed by atoms with E-state index in [4.69, 9.17) is 14.2 Å². The predicted octanol–water partition coefficient (Wildman–Crippen LogP) is 22.2. The van der Waals surface area contributed by atoms with Crippen LogP contribution in [0.25, 0.3) is 0 Å². The van der Waals surface area contributed by atoms with E-state index in [-0.39, 0.29) is 31.1 Å². The Bertz CT molecular complexity index is 1280. The van der Waals surface area contributed by atoms with Crippen molar-refractivity contribution in [3.8, 4) is 0 Å². The highest BCUT2D eigenvalue weighted by atomic mass is 16.6. The van der Waals surface area contributed by atoms with Crippen LogP contribution in [0, 0.1) is 0 Å². The third kappa shape index (κ3) is 60.2. The number of hydrogen-bond acceptors (Lipinski definition) is 6. The van der Waals surface area contributed by atoms with Gasteiger partial charge in [-0.3, -0.25) is 14.4 Å². The zero-order valence-corrected chi connectivity index (χ0v) is 49.6. The highest BCUT2D eigenvalue weighted by Gasteiger charge is 2.19. The lowest BCUT2D eigenvalue weighted by Gasteiger charge is -2.18. The molecule has 0 aliphatic heterocycles. The smallest absolute Gasteiger partial charge is 0.306 e. The molecule has 1 unspecified atom stereocenters. The highest BCUT2D eigenvalue weighted by Crippen LogP contribution is 2.18. The molecule has 0 bridgehead atoms. The number of carbonyl (C=O) groups excluding carboxylic acids is 3. The number of allylic oxidation sites excluding steroid dienone is 8. The van der Waals surface area contributed by atoms with Gasteiger partial charge in [0, 0.05) is 19.3 Å². The third-order valence-electron chi connectivity index (χ3n) is 14.6. The van der Waals surface area contributed by atoms with Gasteiger partial charge in [0.25, 0.3) is 0 Å². The standard InChI is InChI=1S/C68H124O6/c1-4-7-10-13-16-19-22-25-28-30-32-33-34-35-37-38-40-43-46-49-52-55-58-61-67(70)73-64-65(63-72-66(69)60-57-54-51-48-45-42-27-24-21-18-15-12-9-6-3)74-68(71)62-59-56-53-50-47-44-41-39-36-31-29-26-23-20-17-14-11-8-5-2/h7,10,16,19,25,28,32-33,65H,4-6,8-9,11-15,17-18,20-24,26-27,29-31,34-64H2,1-3H3/b10-7-,19-16-,28-25-,33-32-. The molecule has 0 saturated carbocycles. The van der Waals surface area contributed by atoms with Gasteiger partial charge in [0.15, 0.2) is 6.10 Å². The first kappa shape index (κ1) is 71.4. The first-order valence-corrected chi connectivity index (χ1v) is 32.6. The largest absolute Gasteiger partial charge is 0.462 e. The minimum Gasteiger partial charge on any atom is -0.462 e. The molecule has 0 saturated heterocycles. The van der Waals surface area contributed by atoms with Crippen LogP contribution in [-0.2, 0) is 28.6 Å². The summed E-state index contributed by atoms with van der Waals surface area (Å²) in [5.41, 5.74) is 0. The van der Waals surface area contributed by atoms with Crippen LogP contribution >= 0.6 is 0 Å². The predicted molar refractivity (Wildman–Crippen MR) is 321 cm³/mol. The summed E-state index contributed by atoms with van der Waals surface area (Å²) in [4.78, 5) is 38.3. The molecular formula is C68H124O6. The average molecular weight is 1040 g/mol. The summed E-state index contributed by atoms with van der Waals surface area (Å²) in [5.74, 6) is -0.848. The second-order valence-corrected chi connectivity index (χ2v) is 22.0. The molecule has 1 atom stereocenters. The van der Waals surface area contributed by atoms with E-state index in [1.807, 2.05) is 0 Å². The third-order valence-corrected chi connectivity index (χ3v) is 14.6. The number of unbranched alkanes of at least 4 members (excludes halogenated alkanes) is 41. The molecule has 0 N–H and O–H groups in total. The minimum atomic E-state index is -0.771. The molecule has 0 aromatic heterocycles. The van der Waals surface area contributed by atoms with Crippen molar-refractivity contribution in [2.45, 2.75) is 354 Å². The Morgan fingerprint density at radius 2 is 0.527 bits per heavy atom.